The summed E-state index contributed by atoms with van der Waals surface area (Å²) in [5.74, 6) is -0.0138. The molecule has 5 nitrogen and oxygen atoms in total. The van der Waals surface area contributed by atoms with Crippen LogP contribution in [0.2, 0.25) is 0 Å². The first-order valence-corrected chi connectivity index (χ1v) is 6.97. The molecule has 0 aromatic carbocycles. The molecule has 19 heavy (non-hydrogen) atoms. The molecular weight excluding hydrogens is 262 g/mol. The van der Waals surface area contributed by atoms with Crippen molar-refractivity contribution in [2.75, 3.05) is 25.9 Å². The maximum atomic E-state index is 12.5. The van der Waals surface area contributed by atoms with E-state index in [1.165, 1.54) is 11.3 Å². The quantitative estimate of drug-likeness (QED) is 0.908. The van der Waals surface area contributed by atoms with Gasteiger partial charge in [0, 0.05) is 31.8 Å². The first-order chi connectivity index (χ1) is 9.20. The number of likely N-dealkylation sites (tertiary alicyclic amines) is 1. The Labute approximate surface area is 115 Å². The monoisotopic (exact) mass is 277 g/mol. The van der Waals surface area contributed by atoms with Crippen LogP contribution in [0.4, 0.5) is 5.69 Å². The standard InChI is InChI=1S/C13H15N3O2S/c1-18-8-4-6-16(7-8)13(17)11-10(14)9-3-2-5-15-12(9)19-11/h2-3,5,8H,4,6-7,14H2,1H3. The molecule has 1 unspecified atom stereocenters. The molecule has 0 bridgehead atoms. The number of methoxy groups -OCH3 is 1. The highest BCUT2D eigenvalue weighted by Gasteiger charge is 2.29. The van der Waals surface area contributed by atoms with Gasteiger partial charge in [-0.15, -0.1) is 11.3 Å². The number of nitrogen functional groups attached to an aromatic ring is 1. The third kappa shape index (κ3) is 2.06. The fourth-order valence-electron chi connectivity index (χ4n) is 2.36. The van der Waals surface area contributed by atoms with Gasteiger partial charge in [0.05, 0.1) is 11.8 Å². The van der Waals surface area contributed by atoms with Gasteiger partial charge in [-0.25, -0.2) is 4.98 Å². The summed E-state index contributed by atoms with van der Waals surface area (Å²) in [5.41, 5.74) is 6.61. The Hall–Kier alpha value is -1.66. The number of aromatic nitrogens is 1. The number of ether oxygens (including phenoxy) is 1. The van der Waals surface area contributed by atoms with Gasteiger partial charge in [-0.3, -0.25) is 4.79 Å². The van der Waals surface area contributed by atoms with E-state index in [9.17, 15) is 4.79 Å². The van der Waals surface area contributed by atoms with Crippen LogP contribution in [0.1, 0.15) is 16.1 Å². The predicted octanol–water partition coefficient (Wildman–Crippen LogP) is 1.74. The van der Waals surface area contributed by atoms with Crippen molar-refractivity contribution < 1.29 is 9.53 Å². The molecule has 1 atom stereocenters. The highest BCUT2D eigenvalue weighted by atomic mass is 32.1. The molecule has 100 valence electrons. The van der Waals surface area contributed by atoms with Crippen LogP contribution in [-0.4, -0.2) is 42.1 Å². The molecule has 1 aliphatic heterocycles. The number of carbonyl (C=O) groups excluding carboxylic acids is 1. The van der Waals surface area contributed by atoms with Crippen LogP contribution in [0.15, 0.2) is 18.3 Å². The third-order valence-electron chi connectivity index (χ3n) is 3.46. The van der Waals surface area contributed by atoms with Crippen LogP contribution in [0, 0.1) is 0 Å². The zero-order valence-corrected chi connectivity index (χ0v) is 11.4. The molecular formula is C13H15N3O2S. The smallest absolute Gasteiger partial charge is 0.266 e. The fourth-order valence-corrected chi connectivity index (χ4v) is 3.39. The maximum Gasteiger partial charge on any atom is 0.266 e. The van der Waals surface area contributed by atoms with Crippen molar-refractivity contribution in [1.29, 1.82) is 0 Å². The highest BCUT2D eigenvalue weighted by molar-refractivity contribution is 7.21. The second kappa shape index (κ2) is 4.79. The molecule has 1 aliphatic rings. The Kier molecular flexibility index (Phi) is 3.12. The number of pyridine rings is 1. The normalized spacial score (nSPS) is 19.2. The van der Waals surface area contributed by atoms with Gasteiger partial charge in [0.25, 0.3) is 5.91 Å². The predicted molar refractivity (Wildman–Crippen MR) is 75.3 cm³/mol. The van der Waals surface area contributed by atoms with Crippen molar-refractivity contribution >= 4 is 33.1 Å². The summed E-state index contributed by atoms with van der Waals surface area (Å²) >= 11 is 1.36. The Morgan fingerprint density at radius 2 is 2.47 bits per heavy atom. The molecule has 1 fully saturated rings. The van der Waals surface area contributed by atoms with E-state index >= 15 is 0 Å². The fraction of sp³-hybridized carbons (Fsp3) is 0.385. The van der Waals surface area contributed by atoms with E-state index in [0.29, 0.717) is 17.1 Å². The first kappa shape index (κ1) is 12.4. The molecule has 1 saturated heterocycles. The lowest BCUT2D eigenvalue weighted by molar-refractivity contribution is 0.0729. The van der Waals surface area contributed by atoms with Gasteiger partial charge in [-0.05, 0) is 18.6 Å². The van der Waals surface area contributed by atoms with Crippen molar-refractivity contribution in [3.63, 3.8) is 0 Å². The number of carbonyl (C=O) groups is 1. The van der Waals surface area contributed by atoms with Crippen molar-refractivity contribution in [3.8, 4) is 0 Å². The molecule has 3 rings (SSSR count). The number of thiophene rings is 1. The minimum absolute atomic E-state index is 0.0138. The summed E-state index contributed by atoms with van der Waals surface area (Å²) in [6.07, 6.45) is 2.73. The van der Waals surface area contributed by atoms with E-state index in [0.717, 1.165) is 23.2 Å². The number of anilines is 1. The summed E-state index contributed by atoms with van der Waals surface area (Å²) in [6, 6.07) is 3.73. The Bertz CT molecular complexity index is 625. The van der Waals surface area contributed by atoms with Crippen molar-refractivity contribution in [1.82, 2.24) is 9.88 Å². The van der Waals surface area contributed by atoms with Crippen LogP contribution >= 0.6 is 11.3 Å². The summed E-state index contributed by atoms with van der Waals surface area (Å²) in [4.78, 5) is 19.9. The summed E-state index contributed by atoms with van der Waals surface area (Å²) in [5, 5.41) is 0.860. The third-order valence-corrected chi connectivity index (χ3v) is 4.58. The molecule has 6 heteroatoms. The van der Waals surface area contributed by atoms with Gasteiger partial charge in [0.1, 0.15) is 9.71 Å². The van der Waals surface area contributed by atoms with E-state index in [4.69, 9.17) is 10.5 Å². The van der Waals surface area contributed by atoms with Gasteiger partial charge in [-0.2, -0.15) is 0 Å². The van der Waals surface area contributed by atoms with Gasteiger partial charge in [0.15, 0.2) is 0 Å². The van der Waals surface area contributed by atoms with Crippen molar-refractivity contribution in [2.45, 2.75) is 12.5 Å². The van der Waals surface area contributed by atoms with E-state index in [1.807, 2.05) is 12.1 Å². The number of amides is 1. The van der Waals surface area contributed by atoms with Crippen LogP contribution < -0.4 is 5.73 Å². The largest absolute Gasteiger partial charge is 0.397 e. The summed E-state index contributed by atoms with van der Waals surface area (Å²) in [7, 11) is 1.68. The summed E-state index contributed by atoms with van der Waals surface area (Å²) < 4.78 is 5.28. The molecule has 0 saturated carbocycles. The van der Waals surface area contributed by atoms with Crippen molar-refractivity contribution in [2.24, 2.45) is 0 Å². The number of nitrogens with zero attached hydrogens (tertiary/aromatic N) is 2. The van der Waals surface area contributed by atoms with Gasteiger partial charge in [-0.1, -0.05) is 0 Å². The molecule has 0 aliphatic carbocycles. The SMILES string of the molecule is COC1CCN(C(=O)c2sc3ncccc3c2N)C1. The molecule has 3 heterocycles. The lowest BCUT2D eigenvalue weighted by atomic mass is 10.2. The molecule has 0 radical (unpaired) electrons. The average Bonchev–Trinajstić information content (AvgIpc) is 3.04. The Morgan fingerprint density at radius 3 is 3.16 bits per heavy atom. The van der Waals surface area contributed by atoms with Crippen LogP contribution in [-0.2, 0) is 4.74 Å². The molecule has 2 N–H and O–H groups in total. The number of rotatable bonds is 2. The second-order valence-corrected chi connectivity index (χ2v) is 5.60. The van der Waals surface area contributed by atoms with Crippen LogP contribution in [0.3, 0.4) is 0 Å². The van der Waals surface area contributed by atoms with Gasteiger partial charge >= 0.3 is 0 Å². The lowest BCUT2D eigenvalue weighted by Gasteiger charge is -2.15. The zero-order valence-electron chi connectivity index (χ0n) is 10.6. The maximum absolute atomic E-state index is 12.5. The Balaban J connectivity index is 1.92. The molecule has 0 spiro atoms. The average molecular weight is 277 g/mol. The number of nitrogens with two attached hydrogens (primary N) is 1. The second-order valence-electron chi connectivity index (χ2n) is 4.60. The lowest BCUT2D eigenvalue weighted by Crippen LogP contribution is -2.29. The van der Waals surface area contributed by atoms with Crippen LogP contribution in [0.5, 0.6) is 0 Å². The van der Waals surface area contributed by atoms with Gasteiger partial charge in [0.2, 0.25) is 0 Å². The van der Waals surface area contributed by atoms with E-state index in [1.54, 1.807) is 18.2 Å². The van der Waals surface area contributed by atoms with E-state index < -0.39 is 0 Å². The number of hydrogen-bond acceptors (Lipinski definition) is 5. The first-order valence-electron chi connectivity index (χ1n) is 6.15. The minimum Gasteiger partial charge on any atom is -0.397 e. The minimum atomic E-state index is -0.0138. The van der Waals surface area contributed by atoms with Gasteiger partial charge < -0.3 is 15.4 Å². The molecule has 2 aromatic heterocycles. The summed E-state index contributed by atoms with van der Waals surface area (Å²) in [6.45, 7) is 1.36. The number of hydrogen-bond donors (Lipinski definition) is 1. The van der Waals surface area contributed by atoms with Crippen LogP contribution in [0.25, 0.3) is 10.2 Å². The number of fused-ring (bicyclic) bond motifs is 1. The molecule has 2 aromatic rings. The van der Waals surface area contributed by atoms with Crippen molar-refractivity contribution in [3.05, 3.63) is 23.2 Å². The highest BCUT2D eigenvalue weighted by Crippen LogP contribution is 2.33. The molecule has 1 amide bonds. The van der Waals surface area contributed by atoms with E-state index in [2.05, 4.69) is 4.98 Å². The Morgan fingerprint density at radius 1 is 1.63 bits per heavy atom. The van der Waals surface area contributed by atoms with E-state index in [-0.39, 0.29) is 12.0 Å². The topological polar surface area (TPSA) is 68.5 Å². The zero-order chi connectivity index (χ0) is 13.4.